The lowest BCUT2D eigenvalue weighted by atomic mass is 10.2. The van der Waals surface area contributed by atoms with Gasteiger partial charge in [-0.1, -0.05) is 18.2 Å². The fourth-order valence-corrected chi connectivity index (χ4v) is 3.08. The van der Waals surface area contributed by atoms with Crippen molar-refractivity contribution < 1.29 is 9.90 Å². The van der Waals surface area contributed by atoms with Crippen molar-refractivity contribution in [2.24, 2.45) is 0 Å². The van der Waals surface area contributed by atoms with Crippen molar-refractivity contribution in [3.8, 4) is 0 Å². The number of nitrogens with zero attached hydrogens (tertiary/aromatic N) is 1. The van der Waals surface area contributed by atoms with E-state index in [2.05, 4.69) is 17.0 Å². The van der Waals surface area contributed by atoms with E-state index in [-0.39, 0.29) is 6.04 Å². The molecular weight excluding hydrogens is 234 g/mol. The number of carboxylic acids is 1. The number of aliphatic carboxylic acids is 1. The molecule has 92 valence electrons. The van der Waals surface area contributed by atoms with Gasteiger partial charge in [0.05, 0.1) is 0 Å². The number of carboxylic acid groups (broad SMARTS) is 1. The Morgan fingerprint density at radius 3 is 2.88 bits per heavy atom. The number of benzene rings is 1. The summed E-state index contributed by atoms with van der Waals surface area (Å²) < 4.78 is 0. The van der Waals surface area contributed by atoms with Crippen molar-refractivity contribution in [1.29, 1.82) is 0 Å². The molecule has 1 N–H and O–H groups in total. The molecule has 1 aliphatic rings. The Bertz CT molecular complexity index is 369. The third-order valence-corrected chi connectivity index (χ3v) is 4.03. The number of hydrogen-bond acceptors (Lipinski definition) is 3. The molecule has 1 fully saturated rings. The average molecular weight is 251 g/mol. The standard InChI is InChI=1S/C13H17NO2S/c15-13(16)12-7-4-8-14(12)9-10-17-11-5-2-1-3-6-11/h1-3,5-6,12H,4,7-10H2,(H,15,16)/t12-/m1/s1. The van der Waals surface area contributed by atoms with Crippen molar-refractivity contribution in [1.82, 2.24) is 4.90 Å². The molecule has 0 aromatic heterocycles. The Hall–Kier alpha value is -1.00. The highest BCUT2D eigenvalue weighted by Crippen LogP contribution is 2.21. The van der Waals surface area contributed by atoms with Gasteiger partial charge >= 0.3 is 5.97 Å². The van der Waals surface area contributed by atoms with Crippen LogP contribution in [0.1, 0.15) is 12.8 Å². The van der Waals surface area contributed by atoms with Gasteiger partial charge in [-0.2, -0.15) is 0 Å². The van der Waals surface area contributed by atoms with Crippen molar-refractivity contribution in [2.45, 2.75) is 23.8 Å². The van der Waals surface area contributed by atoms with Crippen LogP contribution in [-0.4, -0.2) is 40.9 Å². The molecule has 1 heterocycles. The third kappa shape index (κ3) is 3.48. The van der Waals surface area contributed by atoms with E-state index >= 15 is 0 Å². The van der Waals surface area contributed by atoms with Gasteiger partial charge in [0.25, 0.3) is 0 Å². The number of likely N-dealkylation sites (tertiary alicyclic amines) is 1. The second-order valence-corrected chi connectivity index (χ2v) is 5.36. The molecule has 17 heavy (non-hydrogen) atoms. The van der Waals surface area contributed by atoms with Crippen molar-refractivity contribution in [2.75, 3.05) is 18.8 Å². The Balaban J connectivity index is 1.77. The van der Waals surface area contributed by atoms with Crippen LogP contribution in [0.25, 0.3) is 0 Å². The molecule has 1 aliphatic heterocycles. The Morgan fingerprint density at radius 1 is 1.41 bits per heavy atom. The molecule has 0 amide bonds. The molecule has 1 aromatic carbocycles. The van der Waals surface area contributed by atoms with Crippen LogP contribution in [-0.2, 0) is 4.79 Å². The first kappa shape index (κ1) is 12.5. The Kier molecular flexibility index (Phi) is 4.45. The highest BCUT2D eigenvalue weighted by atomic mass is 32.2. The second-order valence-electron chi connectivity index (χ2n) is 4.19. The van der Waals surface area contributed by atoms with Crippen LogP contribution >= 0.6 is 11.8 Å². The van der Waals surface area contributed by atoms with E-state index in [0.29, 0.717) is 0 Å². The van der Waals surface area contributed by atoms with Crippen molar-refractivity contribution >= 4 is 17.7 Å². The van der Waals surface area contributed by atoms with E-state index in [0.717, 1.165) is 31.7 Å². The Morgan fingerprint density at radius 2 is 2.18 bits per heavy atom. The summed E-state index contributed by atoms with van der Waals surface area (Å²) in [5.74, 6) is 0.278. The van der Waals surface area contributed by atoms with E-state index in [1.807, 2.05) is 18.2 Å². The number of thioether (sulfide) groups is 1. The molecule has 0 saturated carbocycles. The maximum absolute atomic E-state index is 11.0. The molecular formula is C13H17NO2S. The van der Waals surface area contributed by atoms with Crippen LogP contribution in [0.3, 0.4) is 0 Å². The predicted molar refractivity (Wildman–Crippen MR) is 69.4 cm³/mol. The summed E-state index contributed by atoms with van der Waals surface area (Å²) in [6.07, 6.45) is 1.80. The summed E-state index contributed by atoms with van der Waals surface area (Å²) in [7, 11) is 0. The SMILES string of the molecule is O=C(O)[C@H]1CCCN1CCSc1ccccc1. The van der Waals surface area contributed by atoms with Gasteiger partial charge in [-0.15, -0.1) is 11.8 Å². The first-order valence-corrected chi connectivity index (χ1v) is 6.90. The van der Waals surface area contributed by atoms with Gasteiger partial charge in [-0.25, -0.2) is 0 Å². The van der Waals surface area contributed by atoms with Crippen LogP contribution in [0.15, 0.2) is 35.2 Å². The zero-order chi connectivity index (χ0) is 12.1. The van der Waals surface area contributed by atoms with Gasteiger partial charge in [0, 0.05) is 17.2 Å². The van der Waals surface area contributed by atoms with Gasteiger partial charge in [0.15, 0.2) is 0 Å². The highest BCUT2D eigenvalue weighted by Gasteiger charge is 2.29. The van der Waals surface area contributed by atoms with Crippen LogP contribution < -0.4 is 0 Å². The topological polar surface area (TPSA) is 40.5 Å². The summed E-state index contributed by atoms with van der Waals surface area (Å²) in [5.41, 5.74) is 0. The highest BCUT2D eigenvalue weighted by molar-refractivity contribution is 7.99. The lowest BCUT2D eigenvalue weighted by Gasteiger charge is -2.20. The molecule has 4 heteroatoms. The number of rotatable bonds is 5. The summed E-state index contributed by atoms with van der Waals surface area (Å²) in [4.78, 5) is 14.3. The second kappa shape index (κ2) is 6.07. The molecule has 1 saturated heterocycles. The predicted octanol–water partition coefficient (Wildman–Crippen LogP) is 2.33. The minimum absolute atomic E-state index is 0.258. The smallest absolute Gasteiger partial charge is 0.320 e. The largest absolute Gasteiger partial charge is 0.480 e. The molecule has 3 nitrogen and oxygen atoms in total. The molecule has 0 radical (unpaired) electrons. The molecule has 0 spiro atoms. The summed E-state index contributed by atoms with van der Waals surface area (Å²) in [6, 6.07) is 9.97. The maximum atomic E-state index is 11.0. The first-order valence-electron chi connectivity index (χ1n) is 5.92. The molecule has 1 atom stereocenters. The van der Waals surface area contributed by atoms with Crippen molar-refractivity contribution in [3.63, 3.8) is 0 Å². The molecule has 1 aromatic rings. The normalized spacial score (nSPS) is 20.6. The van der Waals surface area contributed by atoms with E-state index in [1.165, 1.54) is 4.90 Å². The van der Waals surface area contributed by atoms with Crippen LogP contribution in [0.4, 0.5) is 0 Å². The fourth-order valence-electron chi connectivity index (χ4n) is 2.17. The lowest BCUT2D eigenvalue weighted by Crippen LogP contribution is -2.37. The van der Waals surface area contributed by atoms with E-state index in [9.17, 15) is 4.79 Å². The van der Waals surface area contributed by atoms with Gasteiger partial charge in [-0.05, 0) is 31.5 Å². The molecule has 0 unspecified atom stereocenters. The first-order chi connectivity index (χ1) is 8.27. The summed E-state index contributed by atoms with van der Waals surface area (Å²) in [5, 5.41) is 9.05. The molecule has 0 bridgehead atoms. The molecule has 0 aliphatic carbocycles. The monoisotopic (exact) mass is 251 g/mol. The van der Waals surface area contributed by atoms with Gasteiger partial charge in [-0.3, -0.25) is 9.69 Å². The quantitative estimate of drug-likeness (QED) is 0.815. The number of carbonyl (C=O) groups is 1. The zero-order valence-electron chi connectivity index (χ0n) is 9.71. The van der Waals surface area contributed by atoms with Gasteiger partial charge < -0.3 is 5.11 Å². The minimum Gasteiger partial charge on any atom is -0.480 e. The summed E-state index contributed by atoms with van der Waals surface area (Å²) in [6.45, 7) is 1.78. The number of hydrogen-bond donors (Lipinski definition) is 1. The average Bonchev–Trinajstić information content (AvgIpc) is 2.79. The van der Waals surface area contributed by atoms with E-state index in [1.54, 1.807) is 11.8 Å². The summed E-state index contributed by atoms with van der Waals surface area (Å²) >= 11 is 1.79. The Labute approximate surface area is 106 Å². The van der Waals surface area contributed by atoms with Crippen molar-refractivity contribution in [3.05, 3.63) is 30.3 Å². The fraction of sp³-hybridized carbons (Fsp3) is 0.462. The third-order valence-electron chi connectivity index (χ3n) is 3.04. The van der Waals surface area contributed by atoms with Crippen LogP contribution in [0.2, 0.25) is 0 Å². The minimum atomic E-state index is -0.674. The zero-order valence-corrected chi connectivity index (χ0v) is 10.5. The van der Waals surface area contributed by atoms with Crippen LogP contribution in [0.5, 0.6) is 0 Å². The van der Waals surface area contributed by atoms with Gasteiger partial charge in [0.2, 0.25) is 0 Å². The lowest BCUT2D eigenvalue weighted by molar-refractivity contribution is -0.142. The maximum Gasteiger partial charge on any atom is 0.320 e. The van der Waals surface area contributed by atoms with Gasteiger partial charge in [0.1, 0.15) is 6.04 Å². The molecule has 2 rings (SSSR count). The van der Waals surface area contributed by atoms with E-state index in [4.69, 9.17) is 5.11 Å². The van der Waals surface area contributed by atoms with Crippen LogP contribution in [0, 0.1) is 0 Å². The van der Waals surface area contributed by atoms with E-state index < -0.39 is 5.97 Å².